The molecule has 1 atom stereocenters. The fourth-order valence-corrected chi connectivity index (χ4v) is 0.988. The van der Waals surface area contributed by atoms with Crippen LogP contribution in [0.15, 0.2) is 18.2 Å². The van der Waals surface area contributed by atoms with E-state index in [-0.39, 0.29) is 0 Å². The van der Waals surface area contributed by atoms with Crippen molar-refractivity contribution in [2.45, 2.75) is 12.5 Å². The van der Waals surface area contributed by atoms with E-state index >= 15 is 0 Å². The first kappa shape index (κ1) is 9.69. The molecular weight excluding hydrogens is 172 g/mol. The molecule has 0 heterocycles. The predicted octanol–water partition coefficient (Wildman–Crippen LogP) is 1.99. The molecule has 68 valence electrons. The van der Waals surface area contributed by atoms with Crippen LogP contribution in [0.25, 0.3) is 0 Å². The van der Waals surface area contributed by atoms with Crippen molar-refractivity contribution >= 4 is 0 Å². The minimum Gasteiger partial charge on any atom is -0.323 e. The molecule has 1 unspecified atom stereocenters. The zero-order chi connectivity index (χ0) is 9.84. The van der Waals surface area contributed by atoms with Crippen molar-refractivity contribution < 1.29 is 8.78 Å². The number of terminal acetylenes is 1. The molecule has 1 nitrogen and oxygen atoms in total. The van der Waals surface area contributed by atoms with Gasteiger partial charge in [0.15, 0.2) is 11.6 Å². The highest BCUT2D eigenvalue weighted by atomic mass is 19.2. The van der Waals surface area contributed by atoms with Crippen molar-refractivity contribution in [2.75, 3.05) is 0 Å². The molecule has 0 amide bonds. The van der Waals surface area contributed by atoms with Crippen LogP contribution in [0.3, 0.4) is 0 Å². The van der Waals surface area contributed by atoms with E-state index in [0.29, 0.717) is 12.0 Å². The van der Waals surface area contributed by atoms with E-state index in [1.165, 1.54) is 6.07 Å². The monoisotopic (exact) mass is 181 g/mol. The minimum absolute atomic E-state index is 0.311. The predicted molar refractivity (Wildman–Crippen MR) is 46.7 cm³/mol. The van der Waals surface area contributed by atoms with Crippen molar-refractivity contribution in [3.05, 3.63) is 35.4 Å². The van der Waals surface area contributed by atoms with Crippen LogP contribution in [-0.2, 0) is 0 Å². The first-order valence-electron chi connectivity index (χ1n) is 3.79. The average Bonchev–Trinajstić information content (AvgIpc) is 2.10. The Kier molecular flexibility index (Phi) is 2.99. The third kappa shape index (κ3) is 2.27. The maximum absolute atomic E-state index is 12.7. The largest absolute Gasteiger partial charge is 0.323 e. The first-order chi connectivity index (χ1) is 6.15. The molecule has 1 aromatic carbocycles. The topological polar surface area (TPSA) is 26.0 Å². The molecule has 1 aromatic rings. The quantitative estimate of drug-likeness (QED) is 0.694. The molecule has 0 aliphatic rings. The van der Waals surface area contributed by atoms with Crippen LogP contribution in [0, 0.1) is 24.0 Å². The molecule has 0 aliphatic carbocycles. The minimum atomic E-state index is -0.898. The summed E-state index contributed by atoms with van der Waals surface area (Å²) in [6.45, 7) is 0. The molecule has 0 fully saturated rings. The molecule has 0 bridgehead atoms. The molecule has 3 heteroatoms. The fourth-order valence-electron chi connectivity index (χ4n) is 0.988. The molecule has 13 heavy (non-hydrogen) atoms. The maximum Gasteiger partial charge on any atom is 0.159 e. The highest BCUT2D eigenvalue weighted by molar-refractivity contribution is 5.22. The summed E-state index contributed by atoms with van der Waals surface area (Å²) in [6.07, 6.45) is 5.35. The normalized spacial score (nSPS) is 12.2. The Morgan fingerprint density at radius 2 is 2.08 bits per heavy atom. The highest BCUT2D eigenvalue weighted by Gasteiger charge is 2.07. The van der Waals surface area contributed by atoms with Crippen molar-refractivity contribution in [1.82, 2.24) is 0 Å². The second-order valence-corrected chi connectivity index (χ2v) is 2.69. The molecule has 0 saturated carbocycles. The Labute approximate surface area is 75.6 Å². The van der Waals surface area contributed by atoms with Gasteiger partial charge < -0.3 is 5.73 Å². The SMILES string of the molecule is C#CCC(N)c1ccc(F)c(F)c1. The lowest BCUT2D eigenvalue weighted by Crippen LogP contribution is -2.09. The van der Waals surface area contributed by atoms with Crippen LogP contribution in [0.2, 0.25) is 0 Å². The van der Waals surface area contributed by atoms with E-state index < -0.39 is 17.7 Å². The van der Waals surface area contributed by atoms with Gasteiger partial charge in [-0.05, 0) is 17.7 Å². The van der Waals surface area contributed by atoms with Crippen LogP contribution in [0.4, 0.5) is 8.78 Å². The summed E-state index contributed by atoms with van der Waals surface area (Å²) in [4.78, 5) is 0. The number of hydrogen-bond acceptors (Lipinski definition) is 1. The molecule has 0 saturated heterocycles. The second-order valence-electron chi connectivity index (χ2n) is 2.69. The Balaban J connectivity index is 2.91. The molecule has 0 spiro atoms. The zero-order valence-corrected chi connectivity index (χ0v) is 6.93. The van der Waals surface area contributed by atoms with Gasteiger partial charge in [0.2, 0.25) is 0 Å². The van der Waals surface area contributed by atoms with Crippen molar-refractivity contribution in [3.63, 3.8) is 0 Å². The van der Waals surface area contributed by atoms with Gasteiger partial charge in [-0.2, -0.15) is 0 Å². The smallest absolute Gasteiger partial charge is 0.159 e. The lowest BCUT2D eigenvalue weighted by molar-refractivity contribution is 0.505. The molecule has 0 aromatic heterocycles. The van der Waals surface area contributed by atoms with Gasteiger partial charge in [0.1, 0.15) is 0 Å². The average molecular weight is 181 g/mol. The first-order valence-corrected chi connectivity index (χ1v) is 3.79. The van der Waals surface area contributed by atoms with Gasteiger partial charge in [-0.25, -0.2) is 8.78 Å². The van der Waals surface area contributed by atoms with Gasteiger partial charge in [0.05, 0.1) is 0 Å². The summed E-state index contributed by atoms with van der Waals surface area (Å²) in [5, 5.41) is 0. The van der Waals surface area contributed by atoms with Gasteiger partial charge in [0.25, 0.3) is 0 Å². The van der Waals surface area contributed by atoms with Crippen LogP contribution >= 0.6 is 0 Å². The molecule has 2 N–H and O–H groups in total. The fraction of sp³-hybridized carbons (Fsp3) is 0.200. The highest BCUT2D eigenvalue weighted by Crippen LogP contribution is 2.16. The van der Waals surface area contributed by atoms with Crippen LogP contribution in [0.5, 0.6) is 0 Å². The Morgan fingerprint density at radius 1 is 1.38 bits per heavy atom. The number of halogens is 2. The van der Waals surface area contributed by atoms with E-state index in [9.17, 15) is 8.78 Å². The summed E-state index contributed by atoms with van der Waals surface area (Å²) in [5.41, 5.74) is 6.10. The van der Waals surface area contributed by atoms with E-state index in [1.807, 2.05) is 0 Å². The summed E-state index contributed by atoms with van der Waals surface area (Å²) < 4.78 is 25.2. The Morgan fingerprint density at radius 3 is 2.62 bits per heavy atom. The van der Waals surface area contributed by atoms with Crippen molar-refractivity contribution in [1.29, 1.82) is 0 Å². The van der Waals surface area contributed by atoms with Crippen LogP contribution < -0.4 is 5.73 Å². The van der Waals surface area contributed by atoms with E-state index in [4.69, 9.17) is 12.2 Å². The number of nitrogens with two attached hydrogens (primary N) is 1. The van der Waals surface area contributed by atoms with Gasteiger partial charge in [-0.1, -0.05) is 6.07 Å². The van der Waals surface area contributed by atoms with E-state index in [2.05, 4.69) is 5.92 Å². The molecule has 1 rings (SSSR count). The Hall–Kier alpha value is -1.40. The number of hydrogen-bond donors (Lipinski definition) is 1. The van der Waals surface area contributed by atoms with Gasteiger partial charge in [0, 0.05) is 12.5 Å². The second kappa shape index (κ2) is 4.01. The summed E-state index contributed by atoms with van der Waals surface area (Å²) >= 11 is 0. The summed E-state index contributed by atoms with van der Waals surface area (Å²) in [6, 6.07) is 3.11. The summed E-state index contributed by atoms with van der Waals surface area (Å²) in [5.74, 6) is 0.583. The van der Waals surface area contributed by atoms with Crippen molar-refractivity contribution in [3.8, 4) is 12.3 Å². The molecule has 0 aliphatic heterocycles. The number of rotatable bonds is 2. The third-order valence-corrected chi connectivity index (χ3v) is 1.71. The van der Waals surface area contributed by atoms with Crippen LogP contribution in [0.1, 0.15) is 18.0 Å². The van der Waals surface area contributed by atoms with Gasteiger partial charge in [-0.15, -0.1) is 12.3 Å². The lowest BCUT2D eigenvalue weighted by Gasteiger charge is -2.08. The van der Waals surface area contributed by atoms with Gasteiger partial charge >= 0.3 is 0 Å². The van der Waals surface area contributed by atoms with Crippen LogP contribution in [-0.4, -0.2) is 0 Å². The molecule has 0 radical (unpaired) electrons. The maximum atomic E-state index is 12.7. The number of benzene rings is 1. The Bertz CT molecular complexity index is 341. The summed E-state index contributed by atoms with van der Waals surface area (Å²) in [7, 11) is 0. The van der Waals surface area contributed by atoms with Crippen molar-refractivity contribution in [2.24, 2.45) is 5.73 Å². The van der Waals surface area contributed by atoms with Gasteiger partial charge in [-0.3, -0.25) is 0 Å². The lowest BCUT2D eigenvalue weighted by atomic mass is 10.1. The van der Waals surface area contributed by atoms with E-state index in [1.54, 1.807) is 0 Å². The van der Waals surface area contributed by atoms with E-state index in [0.717, 1.165) is 12.1 Å². The molecular formula is C10H9F2N. The standard InChI is InChI=1S/C10H9F2N/c1-2-3-10(13)7-4-5-8(11)9(12)6-7/h1,4-6,10H,3,13H2. The zero-order valence-electron chi connectivity index (χ0n) is 6.93. The third-order valence-electron chi connectivity index (χ3n) is 1.71.